The maximum Gasteiger partial charge on any atom is 0.196 e. The van der Waals surface area contributed by atoms with E-state index in [1.54, 1.807) is 0 Å². The minimum atomic E-state index is -3.71. The molecular weight excluding hydrogens is 367 g/mol. The molecule has 0 saturated carbocycles. The average molecular weight is 379 g/mol. The summed E-state index contributed by atoms with van der Waals surface area (Å²) in [5.74, 6) is 0.337. The number of pyridine rings is 1. The fourth-order valence-electron chi connectivity index (χ4n) is 2.29. The zero-order valence-electron chi connectivity index (χ0n) is 11.2. The number of nitrogens with one attached hydrogen (secondary N) is 1. The molecule has 5 nitrogen and oxygen atoms in total. The van der Waals surface area contributed by atoms with Crippen molar-refractivity contribution in [3.63, 3.8) is 0 Å². The lowest BCUT2D eigenvalue weighted by atomic mass is 10.2. The summed E-state index contributed by atoms with van der Waals surface area (Å²) in [6, 6.07) is 2.95. The van der Waals surface area contributed by atoms with Gasteiger partial charge in [0.2, 0.25) is 0 Å². The summed E-state index contributed by atoms with van der Waals surface area (Å²) >= 11 is 13.3. The van der Waals surface area contributed by atoms with Crippen LogP contribution in [0.2, 0.25) is 10.0 Å². The summed E-state index contributed by atoms with van der Waals surface area (Å²) < 4.78 is 24.7. The van der Waals surface area contributed by atoms with E-state index >= 15 is 0 Å². The Bertz CT molecular complexity index is 837. The van der Waals surface area contributed by atoms with Crippen LogP contribution in [-0.4, -0.2) is 41.9 Å². The predicted molar refractivity (Wildman–Crippen MR) is 89.7 cm³/mol. The summed E-state index contributed by atoms with van der Waals surface area (Å²) in [7, 11) is -3.71. The topological polar surface area (TPSA) is 79.3 Å². The lowest BCUT2D eigenvalue weighted by molar-refractivity contribution is 0.464. The van der Waals surface area contributed by atoms with Gasteiger partial charge in [0.05, 0.1) is 16.7 Å². The maximum atomic E-state index is 12.7. The lowest BCUT2D eigenvalue weighted by Crippen LogP contribution is -2.37. The summed E-state index contributed by atoms with van der Waals surface area (Å²) in [5, 5.41) is 14.2. The first kappa shape index (κ1) is 16.1. The Balaban J connectivity index is 2.17. The molecule has 1 aliphatic rings. The second kappa shape index (κ2) is 6.05. The normalized spacial score (nSPS) is 19.5. The van der Waals surface area contributed by atoms with Gasteiger partial charge in [-0.25, -0.2) is 8.42 Å². The Labute approximate surface area is 141 Å². The van der Waals surface area contributed by atoms with Gasteiger partial charge in [-0.2, -0.15) is 0 Å². The minimum absolute atomic E-state index is 0.195. The van der Waals surface area contributed by atoms with Crippen molar-refractivity contribution in [1.82, 2.24) is 10.3 Å². The molecule has 118 valence electrons. The van der Waals surface area contributed by atoms with Gasteiger partial charge in [-0.15, -0.1) is 11.8 Å². The molecule has 1 fully saturated rings. The molecule has 0 spiro atoms. The molecule has 22 heavy (non-hydrogen) atoms. The Kier molecular flexibility index (Phi) is 4.44. The van der Waals surface area contributed by atoms with Crippen molar-refractivity contribution in [1.29, 1.82) is 0 Å². The minimum Gasteiger partial charge on any atom is -0.506 e. The van der Waals surface area contributed by atoms with Gasteiger partial charge in [0.1, 0.15) is 15.2 Å². The molecule has 2 N–H and O–H groups in total. The van der Waals surface area contributed by atoms with Crippen LogP contribution in [0.1, 0.15) is 0 Å². The highest BCUT2D eigenvalue weighted by atomic mass is 35.5. The van der Waals surface area contributed by atoms with Crippen LogP contribution < -0.4 is 5.32 Å². The third-order valence-electron chi connectivity index (χ3n) is 3.37. The summed E-state index contributed by atoms with van der Waals surface area (Å²) in [5.41, 5.74) is 0.317. The van der Waals surface area contributed by atoms with Crippen LogP contribution in [0, 0.1) is 0 Å². The second-order valence-electron chi connectivity index (χ2n) is 4.80. The molecule has 1 aromatic heterocycles. The van der Waals surface area contributed by atoms with Crippen molar-refractivity contribution in [3.05, 3.63) is 28.4 Å². The van der Waals surface area contributed by atoms with E-state index in [0.29, 0.717) is 22.8 Å². The predicted octanol–water partition coefficient (Wildman–Crippen LogP) is 2.68. The molecule has 1 unspecified atom stereocenters. The van der Waals surface area contributed by atoms with Gasteiger partial charge in [-0.05, 0) is 12.1 Å². The van der Waals surface area contributed by atoms with Crippen LogP contribution in [0.3, 0.4) is 0 Å². The van der Waals surface area contributed by atoms with Gasteiger partial charge in [0.25, 0.3) is 0 Å². The number of fused-ring (bicyclic) bond motifs is 1. The van der Waals surface area contributed by atoms with Crippen LogP contribution in [-0.2, 0) is 9.84 Å². The monoisotopic (exact) mass is 378 g/mol. The number of sulfone groups is 1. The van der Waals surface area contributed by atoms with Crippen molar-refractivity contribution in [2.24, 2.45) is 0 Å². The molecule has 0 radical (unpaired) electrons. The molecular formula is C13H12Cl2N2O3S2. The fraction of sp³-hybridized carbons (Fsp3) is 0.308. The highest BCUT2D eigenvalue weighted by molar-refractivity contribution is 8.13. The van der Waals surface area contributed by atoms with Gasteiger partial charge in [0, 0.05) is 29.3 Å². The van der Waals surface area contributed by atoms with E-state index < -0.39 is 14.4 Å². The van der Waals surface area contributed by atoms with E-state index in [4.69, 9.17) is 23.2 Å². The first-order chi connectivity index (χ1) is 10.4. The molecule has 0 amide bonds. The molecule has 2 aromatic rings. The number of aromatic nitrogens is 1. The van der Waals surface area contributed by atoms with Gasteiger partial charge < -0.3 is 10.4 Å². The highest BCUT2D eigenvalue weighted by Crippen LogP contribution is 2.38. The number of hydrogen-bond donors (Lipinski definition) is 2. The molecule has 1 atom stereocenters. The van der Waals surface area contributed by atoms with Gasteiger partial charge in [-0.3, -0.25) is 4.98 Å². The van der Waals surface area contributed by atoms with E-state index in [0.717, 1.165) is 12.7 Å². The van der Waals surface area contributed by atoms with Crippen LogP contribution in [0.5, 0.6) is 5.75 Å². The van der Waals surface area contributed by atoms with Gasteiger partial charge in [-0.1, -0.05) is 23.2 Å². The number of hydrogen-bond acceptors (Lipinski definition) is 6. The number of nitrogens with zero attached hydrogens (tertiary/aromatic N) is 1. The SMILES string of the molecule is O=S(=O)(c1cnc2c(Cl)cc(Cl)cc2c1O)C1CNCCS1. The molecule has 3 rings (SSSR count). The van der Waals surface area contributed by atoms with E-state index in [1.165, 1.54) is 23.9 Å². The molecule has 2 heterocycles. The van der Waals surface area contributed by atoms with Crippen LogP contribution in [0.25, 0.3) is 10.9 Å². The molecule has 1 aromatic carbocycles. The Hall–Kier alpha value is -0.730. The van der Waals surface area contributed by atoms with Crippen LogP contribution >= 0.6 is 35.0 Å². The van der Waals surface area contributed by atoms with Gasteiger partial charge in [0.15, 0.2) is 9.84 Å². The third-order valence-corrected chi connectivity index (χ3v) is 7.80. The zero-order chi connectivity index (χ0) is 15.9. The summed E-state index contributed by atoms with van der Waals surface area (Å²) in [4.78, 5) is 3.89. The molecule has 0 bridgehead atoms. The van der Waals surface area contributed by atoms with E-state index in [2.05, 4.69) is 10.3 Å². The number of aromatic hydroxyl groups is 1. The zero-order valence-corrected chi connectivity index (χ0v) is 14.4. The van der Waals surface area contributed by atoms with Crippen molar-refractivity contribution in [2.45, 2.75) is 9.48 Å². The average Bonchev–Trinajstić information content (AvgIpc) is 2.49. The van der Waals surface area contributed by atoms with E-state index in [-0.39, 0.29) is 21.1 Å². The largest absolute Gasteiger partial charge is 0.506 e. The summed E-state index contributed by atoms with van der Waals surface area (Å²) in [6.07, 6.45) is 1.15. The van der Waals surface area contributed by atoms with Crippen LogP contribution in [0.15, 0.2) is 23.2 Å². The van der Waals surface area contributed by atoms with Crippen molar-refractivity contribution >= 4 is 55.7 Å². The lowest BCUT2D eigenvalue weighted by Gasteiger charge is -2.22. The van der Waals surface area contributed by atoms with Crippen molar-refractivity contribution in [3.8, 4) is 5.75 Å². The van der Waals surface area contributed by atoms with Crippen molar-refractivity contribution < 1.29 is 13.5 Å². The highest BCUT2D eigenvalue weighted by Gasteiger charge is 2.33. The van der Waals surface area contributed by atoms with Crippen molar-refractivity contribution in [2.75, 3.05) is 18.8 Å². The first-order valence-corrected chi connectivity index (χ1v) is 9.79. The number of halogens is 2. The number of thioether (sulfide) groups is 1. The van der Waals surface area contributed by atoms with Crippen LogP contribution in [0.4, 0.5) is 0 Å². The standard InChI is InChI=1S/C13H12Cl2N2O3S2/c14-7-3-8-12(9(15)4-7)17-5-10(13(8)18)22(19,20)11-6-16-1-2-21-11/h3-5,11,16H,1-2,6H2,(H,17,18). The smallest absolute Gasteiger partial charge is 0.196 e. The van der Waals surface area contributed by atoms with E-state index in [9.17, 15) is 13.5 Å². The Morgan fingerprint density at radius 1 is 1.36 bits per heavy atom. The van der Waals surface area contributed by atoms with E-state index in [1.807, 2.05) is 0 Å². The maximum absolute atomic E-state index is 12.7. The third kappa shape index (κ3) is 2.76. The quantitative estimate of drug-likeness (QED) is 0.835. The molecule has 0 aliphatic carbocycles. The second-order valence-corrected chi connectivity index (χ2v) is 9.36. The Morgan fingerprint density at radius 3 is 2.82 bits per heavy atom. The number of rotatable bonds is 2. The first-order valence-electron chi connectivity index (χ1n) is 6.44. The molecule has 1 saturated heterocycles. The molecule has 1 aliphatic heterocycles. The Morgan fingerprint density at radius 2 is 2.14 bits per heavy atom. The fourth-order valence-corrected chi connectivity index (χ4v) is 6.10. The molecule has 9 heteroatoms. The number of benzene rings is 1. The van der Waals surface area contributed by atoms with Gasteiger partial charge >= 0.3 is 0 Å². The summed E-state index contributed by atoms with van der Waals surface area (Å²) in [6.45, 7) is 1.10.